The van der Waals surface area contributed by atoms with E-state index < -0.39 is 17.8 Å². The molecule has 1 N–H and O–H groups in total. The number of rotatable bonds is 6. The Morgan fingerprint density at radius 3 is 2.81 bits per heavy atom. The van der Waals surface area contributed by atoms with Gasteiger partial charge < -0.3 is 5.32 Å². The van der Waals surface area contributed by atoms with Crippen molar-refractivity contribution in [1.29, 1.82) is 0 Å². The van der Waals surface area contributed by atoms with Gasteiger partial charge in [-0.2, -0.15) is 23.4 Å². The lowest BCUT2D eigenvalue weighted by Crippen LogP contribution is -2.26. The zero-order chi connectivity index (χ0) is 22.2. The van der Waals surface area contributed by atoms with E-state index in [2.05, 4.69) is 36.4 Å². The molecule has 0 spiro atoms. The van der Waals surface area contributed by atoms with E-state index in [4.69, 9.17) is 11.6 Å². The number of alkyl halides is 3. The van der Waals surface area contributed by atoms with Gasteiger partial charge in [0.05, 0.1) is 21.2 Å². The zero-order valence-corrected chi connectivity index (χ0v) is 18.7. The van der Waals surface area contributed by atoms with Gasteiger partial charge in [0.25, 0.3) is 5.91 Å². The van der Waals surface area contributed by atoms with Crippen LogP contribution < -0.4 is 5.32 Å². The van der Waals surface area contributed by atoms with Gasteiger partial charge in [-0.05, 0) is 39.9 Å². The number of aromatic nitrogens is 5. The molecule has 0 saturated heterocycles. The summed E-state index contributed by atoms with van der Waals surface area (Å²) in [5, 5.41) is 12.0. The van der Waals surface area contributed by atoms with Gasteiger partial charge in [-0.3, -0.25) is 9.48 Å². The number of thiophene rings is 1. The average Bonchev–Trinajstić information content (AvgIpc) is 3.45. The predicted molar refractivity (Wildman–Crippen MR) is 113 cm³/mol. The maximum Gasteiger partial charge on any atom is 0.433 e. The molecule has 13 heteroatoms. The Balaban J connectivity index is 1.59. The molecule has 0 unspecified atom stereocenters. The Morgan fingerprint density at radius 2 is 2.16 bits per heavy atom. The molecule has 31 heavy (non-hydrogen) atoms. The highest BCUT2D eigenvalue weighted by molar-refractivity contribution is 9.10. The fraction of sp³-hybridized carbons (Fsp3) is 0.222. The largest absolute Gasteiger partial charge is 0.433 e. The molecule has 0 saturated carbocycles. The van der Waals surface area contributed by atoms with E-state index in [1.54, 1.807) is 34.6 Å². The first-order valence-electron chi connectivity index (χ1n) is 8.90. The molecule has 0 aliphatic rings. The standard InChI is InChI=1S/C18H13BrClF3N6OS/c19-10-8-25-28(9-10)5-2-4-24-17(30)15-14(20)16-26-11(12-3-1-6-31-12)7-13(18(21,22)23)29(16)27-15/h1,3,6-9H,2,4-5H2,(H,24,30). The number of hydrogen-bond acceptors (Lipinski definition) is 5. The molecule has 0 radical (unpaired) electrons. The molecule has 7 nitrogen and oxygen atoms in total. The molecular formula is C18H13BrClF3N6OS. The summed E-state index contributed by atoms with van der Waals surface area (Å²) < 4.78 is 44.1. The Kier molecular flexibility index (Phi) is 6.04. The van der Waals surface area contributed by atoms with Crippen LogP contribution in [0.3, 0.4) is 0 Å². The lowest BCUT2D eigenvalue weighted by atomic mass is 10.2. The van der Waals surface area contributed by atoms with Crippen molar-refractivity contribution in [2.24, 2.45) is 0 Å². The van der Waals surface area contributed by atoms with E-state index in [0.29, 0.717) is 22.4 Å². The van der Waals surface area contributed by atoms with E-state index in [1.807, 2.05) is 0 Å². The van der Waals surface area contributed by atoms with Gasteiger partial charge in [-0.25, -0.2) is 9.50 Å². The topological polar surface area (TPSA) is 77.1 Å². The third-order valence-corrected chi connectivity index (χ3v) is 5.91. The Labute approximate surface area is 191 Å². The molecule has 4 aromatic heterocycles. The lowest BCUT2D eigenvalue weighted by Gasteiger charge is -2.10. The van der Waals surface area contributed by atoms with Crippen LogP contribution in [-0.2, 0) is 12.7 Å². The van der Waals surface area contributed by atoms with Gasteiger partial charge in [-0.15, -0.1) is 11.3 Å². The minimum Gasteiger partial charge on any atom is -0.351 e. The summed E-state index contributed by atoms with van der Waals surface area (Å²) in [6.07, 6.45) is -0.727. The van der Waals surface area contributed by atoms with Gasteiger partial charge in [0, 0.05) is 19.3 Å². The van der Waals surface area contributed by atoms with Crippen LogP contribution >= 0.6 is 38.9 Å². The van der Waals surface area contributed by atoms with Crippen LogP contribution in [0.2, 0.25) is 5.02 Å². The second-order valence-corrected chi connectivity index (χ2v) is 8.67. The summed E-state index contributed by atoms with van der Waals surface area (Å²) in [6.45, 7) is 0.815. The maximum atomic E-state index is 13.7. The first kappa shape index (κ1) is 21.8. The Bertz CT molecular complexity index is 1240. The molecule has 0 aliphatic heterocycles. The second kappa shape index (κ2) is 8.60. The molecule has 0 bridgehead atoms. The molecule has 0 aromatic carbocycles. The summed E-state index contributed by atoms with van der Waals surface area (Å²) >= 11 is 10.8. The summed E-state index contributed by atoms with van der Waals surface area (Å²) in [7, 11) is 0. The Hall–Kier alpha value is -2.44. The van der Waals surface area contributed by atoms with E-state index in [9.17, 15) is 18.0 Å². The van der Waals surface area contributed by atoms with Crippen LogP contribution in [0.4, 0.5) is 13.2 Å². The van der Waals surface area contributed by atoms with Gasteiger partial charge in [0.2, 0.25) is 0 Å². The highest BCUT2D eigenvalue weighted by Crippen LogP contribution is 2.35. The van der Waals surface area contributed by atoms with Crippen molar-refractivity contribution in [3.8, 4) is 10.6 Å². The molecule has 0 atom stereocenters. The van der Waals surface area contributed by atoms with Crippen LogP contribution in [0, 0.1) is 0 Å². The third-order valence-electron chi connectivity index (χ3n) is 4.26. The number of amides is 1. The van der Waals surface area contributed by atoms with Gasteiger partial charge >= 0.3 is 6.18 Å². The molecular weight excluding hydrogens is 521 g/mol. The van der Waals surface area contributed by atoms with E-state index in [0.717, 1.165) is 10.5 Å². The van der Waals surface area contributed by atoms with Crippen molar-refractivity contribution < 1.29 is 18.0 Å². The molecule has 4 rings (SSSR count). The fourth-order valence-corrected chi connectivity index (χ4v) is 4.14. The molecule has 162 valence electrons. The van der Waals surface area contributed by atoms with Gasteiger partial charge in [0.15, 0.2) is 17.0 Å². The van der Waals surface area contributed by atoms with E-state index in [1.165, 1.54) is 11.3 Å². The first-order chi connectivity index (χ1) is 14.7. The fourth-order valence-electron chi connectivity index (χ4n) is 2.88. The quantitative estimate of drug-likeness (QED) is 0.357. The van der Waals surface area contributed by atoms with Crippen molar-refractivity contribution in [1.82, 2.24) is 29.7 Å². The molecule has 4 heterocycles. The third kappa shape index (κ3) is 4.60. The number of aryl methyl sites for hydroxylation is 1. The van der Waals surface area contributed by atoms with Crippen molar-refractivity contribution in [3.05, 3.63) is 56.9 Å². The Morgan fingerprint density at radius 1 is 1.35 bits per heavy atom. The lowest BCUT2D eigenvalue weighted by molar-refractivity contribution is -0.142. The first-order valence-corrected chi connectivity index (χ1v) is 11.0. The SMILES string of the molecule is O=C(NCCCn1cc(Br)cn1)c1nn2c(C(F)(F)F)cc(-c3cccs3)nc2c1Cl. The second-order valence-electron chi connectivity index (χ2n) is 6.43. The number of carbonyl (C=O) groups is 1. The monoisotopic (exact) mass is 532 g/mol. The van der Waals surface area contributed by atoms with Crippen molar-refractivity contribution in [2.75, 3.05) is 6.54 Å². The highest BCUT2D eigenvalue weighted by atomic mass is 79.9. The van der Waals surface area contributed by atoms with E-state index >= 15 is 0 Å². The van der Waals surface area contributed by atoms with Crippen LogP contribution in [0.1, 0.15) is 22.6 Å². The average molecular weight is 534 g/mol. The number of carbonyl (C=O) groups excluding carboxylic acids is 1. The van der Waals surface area contributed by atoms with Crippen LogP contribution in [0.15, 0.2) is 40.4 Å². The van der Waals surface area contributed by atoms with Crippen molar-refractivity contribution in [2.45, 2.75) is 19.1 Å². The van der Waals surface area contributed by atoms with E-state index in [-0.39, 0.29) is 28.6 Å². The maximum absolute atomic E-state index is 13.7. The van der Waals surface area contributed by atoms with Crippen LogP contribution in [0.25, 0.3) is 16.2 Å². The van der Waals surface area contributed by atoms with Crippen LogP contribution in [-0.4, -0.2) is 36.8 Å². The number of hydrogen-bond donors (Lipinski definition) is 1. The number of nitrogens with zero attached hydrogens (tertiary/aromatic N) is 5. The summed E-state index contributed by atoms with van der Waals surface area (Å²) in [5.74, 6) is -0.678. The summed E-state index contributed by atoms with van der Waals surface area (Å²) in [6, 6.07) is 4.25. The number of nitrogens with one attached hydrogen (secondary N) is 1. The molecule has 0 fully saturated rings. The minimum atomic E-state index is -4.71. The van der Waals surface area contributed by atoms with Gasteiger partial charge in [0.1, 0.15) is 5.02 Å². The predicted octanol–water partition coefficient (Wildman–Crippen LogP) is 4.91. The summed E-state index contributed by atoms with van der Waals surface area (Å²) in [5.41, 5.74) is -1.50. The zero-order valence-electron chi connectivity index (χ0n) is 15.5. The van der Waals surface area contributed by atoms with Gasteiger partial charge in [-0.1, -0.05) is 17.7 Å². The highest BCUT2D eigenvalue weighted by Gasteiger charge is 2.36. The van der Waals surface area contributed by atoms with Crippen LogP contribution in [0.5, 0.6) is 0 Å². The summed E-state index contributed by atoms with van der Waals surface area (Å²) in [4.78, 5) is 17.3. The molecule has 1 amide bonds. The minimum absolute atomic E-state index is 0.106. The molecule has 0 aliphatic carbocycles. The normalized spacial score (nSPS) is 11.9. The number of fused-ring (bicyclic) bond motifs is 1. The molecule has 4 aromatic rings. The van der Waals surface area contributed by atoms with Crippen molar-refractivity contribution >= 4 is 50.4 Å². The van der Waals surface area contributed by atoms with Crippen molar-refractivity contribution in [3.63, 3.8) is 0 Å². The number of halogens is 5. The smallest absolute Gasteiger partial charge is 0.351 e.